The first-order valence-electron chi connectivity index (χ1n) is 8.72. The van der Waals surface area contributed by atoms with Gasteiger partial charge in [0.05, 0.1) is 23.9 Å². The molecular formula is C20H17BrFN3O2S. The SMILES string of the molecule is OCCN1C(=S)N[C@H](c2ccccn2)[C@H]1c1ccc(-c2ccc(Br)cc2F)o1. The molecule has 1 aliphatic rings. The van der Waals surface area contributed by atoms with Crippen LogP contribution in [0.4, 0.5) is 4.39 Å². The Morgan fingerprint density at radius 2 is 2.11 bits per heavy atom. The van der Waals surface area contributed by atoms with Crippen molar-refractivity contribution in [3.8, 4) is 11.3 Å². The second kappa shape index (κ2) is 7.98. The molecule has 144 valence electrons. The molecule has 2 aromatic heterocycles. The Kier molecular flexibility index (Phi) is 5.43. The summed E-state index contributed by atoms with van der Waals surface area (Å²) in [4.78, 5) is 6.31. The second-order valence-corrected chi connectivity index (χ2v) is 7.67. The number of β-amino-alcohol motifs (C(OH)–C–C–N with tert-alkyl or cyclic N) is 1. The van der Waals surface area contributed by atoms with E-state index in [9.17, 15) is 9.50 Å². The van der Waals surface area contributed by atoms with E-state index in [0.29, 0.717) is 33.2 Å². The van der Waals surface area contributed by atoms with Gasteiger partial charge in [0.2, 0.25) is 0 Å². The first kappa shape index (κ1) is 19.0. The summed E-state index contributed by atoms with van der Waals surface area (Å²) >= 11 is 8.73. The third-order valence-electron chi connectivity index (χ3n) is 4.65. The van der Waals surface area contributed by atoms with Gasteiger partial charge in [-0.25, -0.2) is 4.39 Å². The molecule has 0 saturated carbocycles. The summed E-state index contributed by atoms with van der Waals surface area (Å²) in [5, 5.41) is 13.3. The van der Waals surface area contributed by atoms with E-state index in [1.807, 2.05) is 29.2 Å². The lowest BCUT2D eigenvalue weighted by molar-refractivity contribution is 0.209. The first-order valence-corrected chi connectivity index (χ1v) is 9.92. The van der Waals surface area contributed by atoms with Gasteiger partial charge in [0.25, 0.3) is 0 Å². The van der Waals surface area contributed by atoms with E-state index < -0.39 is 0 Å². The number of benzene rings is 1. The number of pyridine rings is 1. The van der Waals surface area contributed by atoms with Crippen LogP contribution in [0, 0.1) is 5.82 Å². The molecule has 0 radical (unpaired) electrons. The van der Waals surface area contributed by atoms with E-state index in [4.69, 9.17) is 16.6 Å². The Labute approximate surface area is 175 Å². The van der Waals surface area contributed by atoms with Gasteiger partial charge in [-0.2, -0.15) is 0 Å². The van der Waals surface area contributed by atoms with E-state index >= 15 is 0 Å². The molecule has 1 aromatic carbocycles. The van der Waals surface area contributed by atoms with E-state index in [-0.39, 0.29) is 24.5 Å². The van der Waals surface area contributed by atoms with Crippen LogP contribution in [-0.4, -0.2) is 33.3 Å². The first-order chi connectivity index (χ1) is 13.6. The number of aliphatic hydroxyl groups is 1. The molecule has 1 saturated heterocycles. The lowest BCUT2D eigenvalue weighted by Crippen LogP contribution is -2.32. The van der Waals surface area contributed by atoms with Gasteiger partial charge in [0, 0.05) is 17.2 Å². The number of rotatable bonds is 5. The molecule has 28 heavy (non-hydrogen) atoms. The Bertz CT molecular complexity index is 998. The summed E-state index contributed by atoms with van der Waals surface area (Å²) in [5.74, 6) is 0.680. The number of nitrogens with zero attached hydrogens (tertiary/aromatic N) is 2. The van der Waals surface area contributed by atoms with Crippen LogP contribution in [-0.2, 0) is 0 Å². The van der Waals surface area contributed by atoms with Crippen LogP contribution >= 0.6 is 28.1 Å². The summed E-state index contributed by atoms with van der Waals surface area (Å²) in [7, 11) is 0. The summed E-state index contributed by atoms with van der Waals surface area (Å²) in [6.45, 7) is 0.296. The largest absolute Gasteiger partial charge is 0.459 e. The number of nitrogens with one attached hydrogen (secondary N) is 1. The number of furan rings is 1. The zero-order valence-corrected chi connectivity index (χ0v) is 17.1. The summed E-state index contributed by atoms with van der Waals surface area (Å²) < 4.78 is 21.1. The molecule has 1 aliphatic heterocycles. The van der Waals surface area contributed by atoms with Crippen LogP contribution in [0.1, 0.15) is 23.5 Å². The molecule has 8 heteroatoms. The molecule has 0 spiro atoms. The Morgan fingerprint density at radius 3 is 2.82 bits per heavy atom. The molecule has 0 unspecified atom stereocenters. The van der Waals surface area contributed by atoms with Crippen LogP contribution in [0.25, 0.3) is 11.3 Å². The number of aromatic nitrogens is 1. The smallest absolute Gasteiger partial charge is 0.170 e. The number of hydrogen-bond acceptors (Lipinski definition) is 4. The van der Waals surface area contributed by atoms with Gasteiger partial charge in [-0.3, -0.25) is 4.98 Å². The van der Waals surface area contributed by atoms with Crippen LogP contribution in [0.5, 0.6) is 0 Å². The summed E-state index contributed by atoms with van der Waals surface area (Å²) in [5.41, 5.74) is 1.19. The summed E-state index contributed by atoms with van der Waals surface area (Å²) in [6.07, 6.45) is 1.72. The van der Waals surface area contributed by atoms with E-state index in [2.05, 4.69) is 26.2 Å². The highest BCUT2D eigenvalue weighted by molar-refractivity contribution is 9.10. The molecule has 3 heterocycles. The fourth-order valence-corrected chi connectivity index (χ4v) is 4.07. The fraction of sp³-hybridized carbons (Fsp3) is 0.200. The van der Waals surface area contributed by atoms with Crippen molar-refractivity contribution in [1.29, 1.82) is 0 Å². The molecule has 0 bridgehead atoms. The third kappa shape index (κ3) is 3.55. The second-order valence-electron chi connectivity index (χ2n) is 6.37. The van der Waals surface area contributed by atoms with Crippen molar-refractivity contribution in [3.05, 3.63) is 76.5 Å². The maximum atomic E-state index is 14.3. The molecule has 0 aliphatic carbocycles. The van der Waals surface area contributed by atoms with Crippen molar-refractivity contribution in [2.24, 2.45) is 0 Å². The van der Waals surface area contributed by atoms with Crippen LogP contribution in [0.2, 0.25) is 0 Å². The molecule has 5 nitrogen and oxygen atoms in total. The lowest BCUT2D eigenvalue weighted by Gasteiger charge is -2.25. The normalized spacial score (nSPS) is 19.1. The Hall–Kier alpha value is -2.29. The Balaban J connectivity index is 1.73. The predicted octanol–water partition coefficient (Wildman–Crippen LogP) is 4.21. The van der Waals surface area contributed by atoms with Gasteiger partial charge < -0.3 is 19.7 Å². The molecule has 4 rings (SSSR count). The summed E-state index contributed by atoms with van der Waals surface area (Å²) in [6, 6.07) is 13.5. The van der Waals surface area contributed by atoms with Crippen molar-refractivity contribution in [2.75, 3.05) is 13.2 Å². The number of halogens is 2. The highest BCUT2D eigenvalue weighted by Crippen LogP contribution is 2.40. The average molecular weight is 462 g/mol. The number of aliphatic hydroxyl groups excluding tert-OH is 1. The topological polar surface area (TPSA) is 61.5 Å². The zero-order valence-electron chi connectivity index (χ0n) is 14.7. The van der Waals surface area contributed by atoms with Gasteiger partial charge in [0.15, 0.2) is 5.11 Å². The lowest BCUT2D eigenvalue weighted by atomic mass is 10.0. The molecule has 0 amide bonds. The predicted molar refractivity (Wildman–Crippen MR) is 111 cm³/mol. The Morgan fingerprint density at radius 1 is 1.25 bits per heavy atom. The van der Waals surface area contributed by atoms with Gasteiger partial charge >= 0.3 is 0 Å². The number of hydrogen-bond donors (Lipinski definition) is 2. The van der Waals surface area contributed by atoms with Crippen LogP contribution < -0.4 is 5.32 Å². The minimum atomic E-state index is -0.371. The maximum Gasteiger partial charge on any atom is 0.170 e. The average Bonchev–Trinajstić information content (AvgIpc) is 3.28. The molecule has 1 fully saturated rings. The van der Waals surface area contributed by atoms with E-state index in [0.717, 1.165) is 5.69 Å². The highest BCUT2D eigenvalue weighted by atomic mass is 79.9. The molecule has 2 atom stereocenters. The highest BCUT2D eigenvalue weighted by Gasteiger charge is 2.41. The van der Waals surface area contributed by atoms with Gasteiger partial charge in [-0.05, 0) is 54.7 Å². The maximum absolute atomic E-state index is 14.3. The minimum absolute atomic E-state index is 0.0534. The molecule has 2 N–H and O–H groups in total. The van der Waals surface area contributed by atoms with Gasteiger partial charge in [0.1, 0.15) is 23.4 Å². The third-order valence-corrected chi connectivity index (χ3v) is 5.50. The molecular weight excluding hydrogens is 445 g/mol. The number of thiocarbonyl (C=S) groups is 1. The van der Waals surface area contributed by atoms with Crippen molar-refractivity contribution >= 4 is 33.3 Å². The molecule has 3 aromatic rings. The quantitative estimate of drug-likeness (QED) is 0.555. The standard InChI is InChI=1S/C20H17BrFN3O2S/c21-12-4-5-13(14(22)11-12)16-6-7-17(27-16)19-18(15-3-1-2-8-23-15)24-20(28)25(19)9-10-26/h1-8,11,18-19,26H,9-10H2,(H,24,28)/t18-,19-/m1/s1. The van der Waals surface area contributed by atoms with Gasteiger partial charge in [-0.15, -0.1) is 0 Å². The minimum Gasteiger partial charge on any atom is -0.459 e. The zero-order chi connectivity index (χ0) is 19.7. The fourth-order valence-electron chi connectivity index (χ4n) is 3.41. The van der Waals surface area contributed by atoms with Gasteiger partial charge in [-0.1, -0.05) is 22.0 Å². The monoisotopic (exact) mass is 461 g/mol. The van der Waals surface area contributed by atoms with Crippen LogP contribution in [0.15, 0.2) is 63.6 Å². The van der Waals surface area contributed by atoms with Crippen molar-refractivity contribution in [3.63, 3.8) is 0 Å². The van der Waals surface area contributed by atoms with Crippen molar-refractivity contribution < 1.29 is 13.9 Å². The van der Waals surface area contributed by atoms with Crippen LogP contribution in [0.3, 0.4) is 0 Å². The van der Waals surface area contributed by atoms with Crippen molar-refractivity contribution in [2.45, 2.75) is 12.1 Å². The van der Waals surface area contributed by atoms with E-state index in [1.54, 1.807) is 24.4 Å². The van der Waals surface area contributed by atoms with E-state index in [1.165, 1.54) is 6.07 Å². The van der Waals surface area contributed by atoms with Crippen molar-refractivity contribution in [1.82, 2.24) is 15.2 Å².